The minimum atomic E-state index is -0.574. The Morgan fingerprint density at radius 2 is 1.88 bits per heavy atom. The highest BCUT2D eigenvalue weighted by atomic mass is 19.1. The molecule has 2 nitrogen and oxygen atoms in total. The third kappa shape index (κ3) is 2.36. The van der Waals surface area contributed by atoms with E-state index >= 15 is 0 Å². The number of aromatic nitrogens is 1. The van der Waals surface area contributed by atoms with Crippen LogP contribution in [-0.4, -0.2) is 10.8 Å². The molecule has 17 heavy (non-hydrogen) atoms. The van der Waals surface area contributed by atoms with Crippen molar-refractivity contribution in [3.63, 3.8) is 0 Å². The Morgan fingerprint density at radius 1 is 1.12 bits per heavy atom. The lowest BCUT2D eigenvalue weighted by molar-refractivity contribution is 0.103. The van der Waals surface area contributed by atoms with Gasteiger partial charge in [-0.15, -0.1) is 0 Å². The molecule has 0 atom stereocenters. The number of halogens is 2. The summed E-state index contributed by atoms with van der Waals surface area (Å²) in [5.41, 5.74) is 1.01. The van der Waals surface area contributed by atoms with Crippen molar-refractivity contribution in [3.8, 4) is 0 Å². The van der Waals surface area contributed by atoms with Gasteiger partial charge in [-0.25, -0.2) is 8.78 Å². The third-order valence-corrected chi connectivity index (χ3v) is 2.40. The van der Waals surface area contributed by atoms with Gasteiger partial charge < -0.3 is 0 Å². The smallest absolute Gasteiger partial charge is 0.194 e. The first-order chi connectivity index (χ1) is 8.08. The normalized spacial score (nSPS) is 10.3. The van der Waals surface area contributed by atoms with Crippen LogP contribution in [0, 0.1) is 18.6 Å². The molecule has 0 radical (unpaired) electrons. The Hall–Kier alpha value is -2.10. The van der Waals surface area contributed by atoms with Crippen molar-refractivity contribution in [1.29, 1.82) is 0 Å². The molecule has 0 saturated carbocycles. The number of ketones is 1. The van der Waals surface area contributed by atoms with Crippen LogP contribution in [0.2, 0.25) is 0 Å². The van der Waals surface area contributed by atoms with Gasteiger partial charge in [0.1, 0.15) is 11.6 Å². The van der Waals surface area contributed by atoms with Crippen molar-refractivity contribution in [2.45, 2.75) is 6.92 Å². The molecule has 2 rings (SSSR count). The molecular formula is C13H9F2NO. The molecule has 1 heterocycles. The van der Waals surface area contributed by atoms with E-state index in [4.69, 9.17) is 0 Å². The van der Waals surface area contributed by atoms with E-state index in [9.17, 15) is 13.6 Å². The number of carbonyl (C=O) groups is 1. The molecule has 86 valence electrons. The van der Waals surface area contributed by atoms with Crippen molar-refractivity contribution >= 4 is 5.78 Å². The van der Waals surface area contributed by atoms with E-state index in [-0.39, 0.29) is 11.3 Å². The Labute approximate surface area is 96.9 Å². The lowest BCUT2D eigenvalue weighted by Crippen LogP contribution is -2.05. The number of pyridine rings is 1. The predicted molar refractivity (Wildman–Crippen MR) is 58.8 cm³/mol. The van der Waals surface area contributed by atoms with E-state index in [0.29, 0.717) is 11.1 Å². The van der Waals surface area contributed by atoms with Crippen LogP contribution >= 0.6 is 0 Å². The van der Waals surface area contributed by atoms with Crippen LogP contribution in [0.5, 0.6) is 0 Å². The van der Waals surface area contributed by atoms with E-state index in [1.165, 1.54) is 24.4 Å². The topological polar surface area (TPSA) is 30.0 Å². The number of hydrogen-bond acceptors (Lipinski definition) is 2. The molecule has 2 aromatic rings. The van der Waals surface area contributed by atoms with Gasteiger partial charge in [-0.1, -0.05) is 0 Å². The first kappa shape index (κ1) is 11.4. The Morgan fingerprint density at radius 3 is 2.53 bits per heavy atom. The molecule has 0 aliphatic rings. The van der Waals surface area contributed by atoms with Crippen molar-refractivity contribution in [2.24, 2.45) is 0 Å². The van der Waals surface area contributed by atoms with Crippen LogP contribution in [0.4, 0.5) is 8.78 Å². The summed E-state index contributed by atoms with van der Waals surface area (Å²) in [5.74, 6) is -1.35. The Bertz CT molecular complexity index is 581. The molecule has 0 fully saturated rings. The van der Waals surface area contributed by atoms with E-state index in [1.54, 1.807) is 6.92 Å². The molecule has 0 spiro atoms. The van der Waals surface area contributed by atoms with Gasteiger partial charge in [0.15, 0.2) is 5.78 Å². The van der Waals surface area contributed by atoms with Gasteiger partial charge in [0.05, 0.1) is 6.20 Å². The second-order valence-electron chi connectivity index (χ2n) is 3.68. The fraction of sp³-hybridized carbons (Fsp3) is 0.0769. The Balaban J connectivity index is 2.44. The summed E-state index contributed by atoms with van der Waals surface area (Å²) in [6.07, 6.45) is 2.31. The summed E-state index contributed by atoms with van der Waals surface area (Å²) in [7, 11) is 0. The van der Waals surface area contributed by atoms with Crippen LogP contribution < -0.4 is 0 Å². The minimum Gasteiger partial charge on any atom is -0.289 e. The highest BCUT2D eigenvalue weighted by Crippen LogP contribution is 2.15. The minimum absolute atomic E-state index is 0.153. The first-order valence-electron chi connectivity index (χ1n) is 4.99. The van der Waals surface area contributed by atoms with Crippen LogP contribution in [0.3, 0.4) is 0 Å². The summed E-state index contributed by atoms with van der Waals surface area (Å²) in [4.78, 5) is 15.6. The maximum Gasteiger partial charge on any atom is 0.194 e. The maximum absolute atomic E-state index is 12.9. The highest BCUT2D eigenvalue weighted by molar-refractivity contribution is 6.09. The largest absolute Gasteiger partial charge is 0.289 e. The van der Waals surface area contributed by atoms with Crippen molar-refractivity contribution in [2.75, 3.05) is 0 Å². The standard InChI is InChI=1S/C13H9F2NO/c1-8-4-10(14)2-3-12(8)13(17)9-5-11(15)7-16-6-9/h2-7H,1H3. The summed E-state index contributed by atoms with van der Waals surface area (Å²) >= 11 is 0. The average molecular weight is 233 g/mol. The molecule has 1 aromatic heterocycles. The lowest BCUT2D eigenvalue weighted by atomic mass is 10.0. The molecule has 0 amide bonds. The van der Waals surface area contributed by atoms with Crippen LogP contribution in [0.15, 0.2) is 36.7 Å². The van der Waals surface area contributed by atoms with E-state index in [1.807, 2.05) is 0 Å². The third-order valence-electron chi connectivity index (χ3n) is 2.40. The quantitative estimate of drug-likeness (QED) is 0.746. The number of benzene rings is 1. The zero-order chi connectivity index (χ0) is 12.4. The van der Waals surface area contributed by atoms with Gasteiger partial charge in [-0.3, -0.25) is 9.78 Å². The van der Waals surface area contributed by atoms with Gasteiger partial charge in [0, 0.05) is 17.3 Å². The molecule has 0 N–H and O–H groups in total. The molecule has 0 aliphatic carbocycles. The number of hydrogen-bond donors (Lipinski definition) is 0. The fourth-order valence-electron chi connectivity index (χ4n) is 1.57. The zero-order valence-electron chi connectivity index (χ0n) is 9.08. The van der Waals surface area contributed by atoms with E-state index < -0.39 is 11.6 Å². The predicted octanol–water partition coefficient (Wildman–Crippen LogP) is 2.90. The number of rotatable bonds is 2. The maximum atomic E-state index is 12.9. The summed E-state index contributed by atoms with van der Waals surface area (Å²) < 4.78 is 25.8. The number of nitrogens with zero attached hydrogens (tertiary/aromatic N) is 1. The molecule has 0 unspecified atom stereocenters. The van der Waals surface area contributed by atoms with Crippen LogP contribution in [0.1, 0.15) is 21.5 Å². The SMILES string of the molecule is Cc1cc(F)ccc1C(=O)c1cncc(F)c1. The van der Waals surface area contributed by atoms with Gasteiger partial charge in [0.25, 0.3) is 0 Å². The number of aryl methyl sites for hydroxylation is 1. The lowest BCUT2D eigenvalue weighted by Gasteiger charge is -2.04. The van der Waals surface area contributed by atoms with E-state index in [0.717, 1.165) is 12.3 Å². The van der Waals surface area contributed by atoms with Crippen molar-refractivity contribution in [1.82, 2.24) is 4.98 Å². The fourth-order valence-corrected chi connectivity index (χ4v) is 1.57. The molecule has 0 bridgehead atoms. The number of carbonyl (C=O) groups excluding carboxylic acids is 1. The van der Waals surface area contributed by atoms with Crippen LogP contribution in [-0.2, 0) is 0 Å². The molecule has 0 aliphatic heterocycles. The second kappa shape index (κ2) is 4.41. The molecule has 0 saturated heterocycles. The van der Waals surface area contributed by atoms with Gasteiger partial charge >= 0.3 is 0 Å². The first-order valence-corrected chi connectivity index (χ1v) is 4.99. The molecule has 1 aromatic carbocycles. The molecular weight excluding hydrogens is 224 g/mol. The van der Waals surface area contributed by atoms with Gasteiger partial charge in [-0.05, 0) is 36.8 Å². The van der Waals surface area contributed by atoms with Crippen molar-refractivity contribution in [3.05, 3.63) is 65.0 Å². The second-order valence-corrected chi connectivity index (χ2v) is 3.68. The highest BCUT2D eigenvalue weighted by Gasteiger charge is 2.13. The van der Waals surface area contributed by atoms with Gasteiger partial charge in [0.2, 0.25) is 0 Å². The van der Waals surface area contributed by atoms with Crippen molar-refractivity contribution < 1.29 is 13.6 Å². The van der Waals surface area contributed by atoms with E-state index in [2.05, 4.69) is 4.98 Å². The Kier molecular flexibility index (Phi) is 2.95. The zero-order valence-corrected chi connectivity index (χ0v) is 9.08. The summed E-state index contributed by atoms with van der Waals surface area (Å²) in [6, 6.07) is 4.96. The summed E-state index contributed by atoms with van der Waals surface area (Å²) in [6.45, 7) is 1.63. The van der Waals surface area contributed by atoms with Crippen LogP contribution in [0.25, 0.3) is 0 Å². The van der Waals surface area contributed by atoms with Gasteiger partial charge in [-0.2, -0.15) is 0 Å². The molecule has 4 heteroatoms. The summed E-state index contributed by atoms with van der Waals surface area (Å²) in [5, 5.41) is 0. The monoisotopic (exact) mass is 233 g/mol. The average Bonchev–Trinajstić information content (AvgIpc) is 2.28.